The van der Waals surface area contributed by atoms with Gasteiger partial charge in [0.05, 0.1) is 29.3 Å². The third-order valence-electron chi connectivity index (χ3n) is 7.91. The van der Waals surface area contributed by atoms with E-state index in [1.165, 1.54) is 36.1 Å². The number of halogens is 5. The maximum Gasteiger partial charge on any atom is 0.263 e. The molecule has 0 spiro atoms. The van der Waals surface area contributed by atoms with E-state index in [-0.39, 0.29) is 47.7 Å². The molecule has 41 heavy (non-hydrogen) atoms. The van der Waals surface area contributed by atoms with Crippen molar-refractivity contribution in [3.8, 4) is 11.5 Å². The van der Waals surface area contributed by atoms with E-state index < -0.39 is 53.6 Å². The predicted octanol–water partition coefficient (Wildman–Crippen LogP) is 4.55. The zero-order valence-corrected chi connectivity index (χ0v) is 23.6. The Balaban J connectivity index is 1.18. The van der Waals surface area contributed by atoms with Crippen LogP contribution in [0.2, 0.25) is 10.0 Å². The van der Waals surface area contributed by atoms with Crippen molar-refractivity contribution in [2.24, 2.45) is 5.41 Å². The zero-order chi connectivity index (χ0) is 29.6. The Morgan fingerprint density at radius 1 is 1.10 bits per heavy atom. The number of carbonyl (C=O) groups is 3. The number of hydrogen-bond donors (Lipinski definition) is 2. The van der Waals surface area contributed by atoms with Crippen LogP contribution in [0.25, 0.3) is 0 Å². The molecule has 6 rings (SSSR count). The highest BCUT2D eigenvalue weighted by atomic mass is 35.5. The molecule has 2 atom stereocenters. The van der Waals surface area contributed by atoms with E-state index in [4.69, 9.17) is 32.7 Å². The van der Waals surface area contributed by atoms with E-state index in [9.17, 15) is 27.6 Å². The molecule has 1 aliphatic heterocycles. The van der Waals surface area contributed by atoms with E-state index in [1.807, 2.05) is 0 Å². The zero-order valence-electron chi connectivity index (χ0n) is 22.1. The van der Waals surface area contributed by atoms with Gasteiger partial charge in [-0.15, -0.1) is 0 Å². The first-order chi connectivity index (χ1) is 19.4. The van der Waals surface area contributed by atoms with Crippen molar-refractivity contribution in [3.63, 3.8) is 0 Å². The van der Waals surface area contributed by atoms with Crippen LogP contribution in [0.5, 0.6) is 11.5 Å². The molecule has 13 heteroatoms. The van der Waals surface area contributed by atoms with Crippen molar-refractivity contribution in [1.29, 1.82) is 0 Å². The lowest BCUT2D eigenvalue weighted by Gasteiger charge is -2.70. The molecule has 4 aliphatic rings. The van der Waals surface area contributed by atoms with Crippen LogP contribution < -0.4 is 25.0 Å². The number of amides is 3. The van der Waals surface area contributed by atoms with Gasteiger partial charge in [0.25, 0.3) is 11.8 Å². The summed E-state index contributed by atoms with van der Waals surface area (Å²) in [4.78, 5) is 40.3. The fraction of sp³-hybridized carbons (Fsp3) is 0.464. The molecule has 8 nitrogen and oxygen atoms in total. The van der Waals surface area contributed by atoms with Gasteiger partial charge in [-0.25, -0.2) is 8.78 Å². The Morgan fingerprint density at radius 2 is 1.80 bits per heavy atom. The molecule has 2 aromatic carbocycles. The summed E-state index contributed by atoms with van der Waals surface area (Å²) < 4.78 is 51.9. The van der Waals surface area contributed by atoms with Gasteiger partial charge in [0, 0.05) is 22.2 Å². The molecule has 1 heterocycles. The number of hydrogen-bond acceptors (Lipinski definition) is 5. The fourth-order valence-corrected chi connectivity index (χ4v) is 6.08. The number of rotatable bonds is 10. The van der Waals surface area contributed by atoms with Crippen LogP contribution in [0, 0.1) is 11.2 Å². The molecule has 2 unspecified atom stereocenters. The van der Waals surface area contributed by atoms with Crippen LogP contribution >= 0.6 is 23.2 Å². The molecular weight excluding hydrogens is 586 g/mol. The number of nitrogens with one attached hydrogen (secondary N) is 2. The topological polar surface area (TPSA) is 97.0 Å². The van der Waals surface area contributed by atoms with Gasteiger partial charge in [-0.05, 0) is 62.9 Å². The van der Waals surface area contributed by atoms with Crippen molar-refractivity contribution in [3.05, 3.63) is 52.3 Å². The number of anilines is 1. The number of alkyl halides is 2. The highest BCUT2D eigenvalue weighted by Gasteiger charge is 2.69. The molecule has 3 fully saturated rings. The quantitative estimate of drug-likeness (QED) is 0.410. The summed E-state index contributed by atoms with van der Waals surface area (Å²) in [6, 6.07) is 8.43. The van der Waals surface area contributed by atoms with E-state index in [0.717, 1.165) is 6.07 Å². The second kappa shape index (κ2) is 10.9. The second-order valence-electron chi connectivity index (χ2n) is 11.3. The average Bonchev–Trinajstić information content (AvgIpc) is 2.90. The smallest absolute Gasteiger partial charge is 0.263 e. The van der Waals surface area contributed by atoms with Crippen molar-refractivity contribution in [1.82, 2.24) is 10.6 Å². The molecule has 3 saturated carbocycles. The summed E-state index contributed by atoms with van der Waals surface area (Å²) in [6.07, 6.45) is 0.0566. The van der Waals surface area contributed by atoms with Gasteiger partial charge >= 0.3 is 0 Å². The van der Waals surface area contributed by atoms with Gasteiger partial charge in [0.15, 0.2) is 12.7 Å². The molecule has 0 saturated heterocycles. The first-order valence-corrected chi connectivity index (χ1v) is 13.8. The second-order valence-corrected chi connectivity index (χ2v) is 12.1. The normalized spacial score (nSPS) is 25.4. The number of fused-ring (bicyclic) bond motifs is 1. The standard InChI is InChI=1S/C28H28Cl2F3N3O5/c1-26(15-32,6-7-31)25(39)36-10-22(41-21-5-2-16(29)8-20(21)36)24(38)35-28-12-27(13-28,14-28)34-23(37)11-40-17-3-4-18(30)19(33)9-17/h2-5,8-9,22H,6-7,10-15H2,1H3,(H,34,37)(H,35,38). The number of nitrogens with zero attached hydrogens (tertiary/aromatic N) is 1. The van der Waals surface area contributed by atoms with Crippen LogP contribution in [0.15, 0.2) is 36.4 Å². The monoisotopic (exact) mass is 613 g/mol. The van der Waals surface area contributed by atoms with Crippen LogP contribution in [0.4, 0.5) is 18.9 Å². The third-order valence-corrected chi connectivity index (χ3v) is 8.45. The summed E-state index contributed by atoms with van der Waals surface area (Å²) in [5, 5.41) is 6.15. The number of benzene rings is 2. The van der Waals surface area contributed by atoms with Crippen LogP contribution in [-0.2, 0) is 14.4 Å². The Morgan fingerprint density at radius 3 is 2.46 bits per heavy atom. The highest BCUT2D eigenvalue weighted by Crippen LogP contribution is 2.60. The van der Waals surface area contributed by atoms with Crippen LogP contribution in [0.3, 0.4) is 0 Å². The van der Waals surface area contributed by atoms with E-state index >= 15 is 0 Å². The van der Waals surface area contributed by atoms with Crippen molar-refractivity contribution in [2.45, 2.75) is 49.8 Å². The van der Waals surface area contributed by atoms with E-state index in [1.54, 1.807) is 6.07 Å². The lowest BCUT2D eigenvalue weighted by atomic mass is 9.44. The molecule has 0 aromatic heterocycles. The molecule has 2 aromatic rings. The van der Waals surface area contributed by atoms with Crippen molar-refractivity contribution >= 4 is 46.6 Å². The summed E-state index contributed by atoms with van der Waals surface area (Å²) in [6.45, 7) is -1.13. The van der Waals surface area contributed by atoms with Gasteiger partial charge in [-0.3, -0.25) is 18.8 Å². The number of carbonyl (C=O) groups excluding carboxylic acids is 3. The fourth-order valence-electron chi connectivity index (χ4n) is 5.79. The molecule has 2 N–H and O–H groups in total. The van der Waals surface area contributed by atoms with E-state index in [0.29, 0.717) is 24.3 Å². The van der Waals surface area contributed by atoms with Crippen LogP contribution in [0.1, 0.15) is 32.6 Å². The Bertz CT molecular complexity index is 1380. The Kier molecular flexibility index (Phi) is 7.80. The summed E-state index contributed by atoms with van der Waals surface area (Å²) >= 11 is 11.8. The predicted molar refractivity (Wildman–Crippen MR) is 145 cm³/mol. The van der Waals surface area contributed by atoms with Gasteiger partial charge in [0.1, 0.15) is 24.0 Å². The highest BCUT2D eigenvalue weighted by molar-refractivity contribution is 6.31. The Labute approximate surface area is 244 Å². The van der Waals surface area contributed by atoms with Crippen molar-refractivity contribution in [2.75, 3.05) is 31.4 Å². The average molecular weight is 614 g/mol. The maximum absolute atomic E-state index is 13.9. The lowest BCUT2D eigenvalue weighted by Crippen LogP contribution is -2.84. The molecule has 220 valence electrons. The number of ether oxygens (including phenoxy) is 2. The third kappa shape index (κ3) is 5.66. The summed E-state index contributed by atoms with van der Waals surface area (Å²) in [5.74, 6) is -1.79. The molecule has 3 aliphatic carbocycles. The van der Waals surface area contributed by atoms with Gasteiger partial charge in [0.2, 0.25) is 5.91 Å². The van der Waals surface area contributed by atoms with Gasteiger partial charge in [-0.1, -0.05) is 23.2 Å². The van der Waals surface area contributed by atoms with Crippen LogP contribution in [-0.4, -0.2) is 61.4 Å². The van der Waals surface area contributed by atoms with Gasteiger partial charge in [-0.2, -0.15) is 0 Å². The van der Waals surface area contributed by atoms with Gasteiger partial charge < -0.3 is 25.0 Å². The minimum absolute atomic E-state index is 0.0513. The minimum atomic E-state index is -1.61. The molecule has 2 bridgehead atoms. The maximum atomic E-state index is 13.9. The summed E-state index contributed by atoms with van der Waals surface area (Å²) in [7, 11) is 0. The van der Waals surface area contributed by atoms with E-state index in [2.05, 4.69) is 10.6 Å². The first-order valence-electron chi connectivity index (χ1n) is 13.0. The minimum Gasteiger partial charge on any atom is -0.484 e. The first kappa shape index (κ1) is 29.3. The molecule has 0 radical (unpaired) electrons. The Hall–Kier alpha value is -3.18. The largest absolute Gasteiger partial charge is 0.484 e. The lowest BCUT2D eigenvalue weighted by molar-refractivity contribution is -0.153. The molecular formula is C28H28Cl2F3N3O5. The summed E-state index contributed by atoms with van der Waals surface area (Å²) in [5.41, 5.74) is -2.35. The SMILES string of the molecule is CC(CF)(CCF)C(=O)N1CC(C(=O)NC23CC(NC(=O)COc4ccc(Cl)c(F)c4)(C2)C3)Oc2ccc(Cl)cc21. The van der Waals surface area contributed by atoms with Crippen molar-refractivity contribution < 1.29 is 37.0 Å². The molecule has 3 amide bonds.